The van der Waals surface area contributed by atoms with E-state index >= 15 is 0 Å². The summed E-state index contributed by atoms with van der Waals surface area (Å²) in [5.41, 5.74) is 0.624. The van der Waals surface area contributed by atoms with Gasteiger partial charge in [0.1, 0.15) is 0 Å². The normalized spacial score (nSPS) is 11.4. The molecule has 1 heterocycles. The zero-order valence-electron chi connectivity index (χ0n) is 9.24. The van der Waals surface area contributed by atoms with Gasteiger partial charge in [0.2, 0.25) is 0 Å². The van der Waals surface area contributed by atoms with Crippen molar-refractivity contribution < 1.29 is 22.7 Å². The van der Waals surface area contributed by atoms with Crippen molar-refractivity contribution in [2.45, 2.75) is 19.6 Å². The molecule has 0 spiro atoms. The summed E-state index contributed by atoms with van der Waals surface area (Å²) in [5.74, 6) is 0. The fourth-order valence-electron chi connectivity index (χ4n) is 1.04. The number of rotatable bonds is 3. The van der Waals surface area contributed by atoms with Crippen LogP contribution in [0.2, 0.25) is 0 Å². The lowest BCUT2D eigenvalue weighted by Crippen LogP contribution is -2.30. The molecule has 17 heavy (non-hydrogen) atoms. The van der Waals surface area contributed by atoms with Crippen molar-refractivity contribution in [1.82, 2.24) is 9.88 Å². The largest absolute Gasteiger partial charge is 0.440 e. The number of hydrogen-bond donors (Lipinski definition) is 0. The molecule has 0 atom stereocenters. The highest BCUT2D eigenvalue weighted by molar-refractivity contribution is 7.09. The fraction of sp³-hybridized carbons (Fsp3) is 0.556. The van der Waals surface area contributed by atoms with Crippen LogP contribution in [0.1, 0.15) is 10.7 Å². The summed E-state index contributed by atoms with van der Waals surface area (Å²) in [6.45, 7) is 0.351. The first-order chi connectivity index (χ1) is 7.78. The Kier molecular flexibility index (Phi) is 4.33. The Balaban J connectivity index is 2.42. The van der Waals surface area contributed by atoms with Gasteiger partial charge in [0.15, 0.2) is 6.61 Å². The third kappa shape index (κ3) is 5.03. The zero-order chi connectivity index (χ0) is 13.1. The van der Waals surface area contributed by atoms with Crippen molar-refractivity contribution in [3.63, 3.8) is 0 Å². The first-order valence-electron chi connectivity index (χ1n) is 4.63. The maximum atomic E-state index is 11.8. The average molecular weight is 268 g/mol. The van der Waals surface area contributed by atoms with Crippen LogP contribution in [-0.4, -0.2) is 35.8 Å². The van der Waals surface area contributed by atoms with E-state index in [9.17, 15) is 18.0 Å². The summed E-state index contributed by atoms with van der Waals surface area (Å²) in [6.07, 6.45) is -5.53. The van der Waals surface area contributed by atoms with Crippen LogP contribution in [0.4, 0.5) is 18.0 Å². The van der Waals surface area contributed by atoms with E-state index in [1.165, 1.54) is 18.4 Å². The molecule has 0 bridgehead atoms. The molecule has 8 heteroatoms. The molecule has 0 aliphatic rings. The van der Waals surface area contributed by atoms with E-state index < -0.39 is 18.9 Å². The van der Waals surface area contributed by atoms with Crippen molar-refractivity contribution >= 4 is 17.4 Å². The van der Waals surface area contributed by atoms with Crippen LogP contribution in [0, 0.1) is 6.92 Å². The quantitative estimate of drug-likeness (QED) is 0.846. The van der Waals surface area contributed by atoms with Crippen LogP contribution in [0.15, 0.2) is 5.38 Å². The molecule has 0 aliphatic carbocycles. The number of ether oxygens (including phenoxy) is 1. The van der Waals surface area contributed by atoms with E-state index in [0.717, 1.165) is 9.91 Å². The second-order valence-corrected chi connectivity index (χ2v) is 4.45. The number of aromatic nitrogens is 1. The minimum absolute atomic E-state index is 0.126. The highest BCUT2D eigenvalue weighted by atomic mass is 32.1. The first kappa shape index (κ1) is 13.8. The van der Waals surface area contributed by atoms with Crippen LogP contribution in [0.5, 0.6) is 0 Å². The number of thiazole rings is 1. The number of nitrogens with zero attached hydrogens (tertiary/aromatic N) is 2. The van der Waals surface area contributed by atoms with Crippen LogP contribution in [0.3, 0.4) is 0 Å². The molecule has 4 nitrogen and oxygen atoms in total. The third-order valence-corrected chi connectivity index (χ3v) is 2.56. The maximum Gasteiger partial charge on any atom is 0.422 e. The molecule has 0 unspecified atom stereocenters. The molecule has 0 aromatic carbocycles. The summed E-state index contributed by atoms with van der Waals surface area (Å²) >= 11 is 1.41. The zero-order valence-corrected chi connectivity index (χ0v) is 10.1. The van der Waals surface area contributed by atoms with E-state index in [4.69, 9.17) is 0 Å². The molecule has 0 N–H and O–H groups in total. The molecule has 1 amide bonds. The topological polar surface area (TPSA) is 42.4 Å². The molecular weight excluding hydrogens is 257 g/mol. The van der Waals surface area contributed by atoms with Gasteiger partial charge in [-0.05, 0) is 6.92 Å². The number of carbonyl (C=O) groups excluding carboxylic acids is 1. The number of halogens is 3. The van der Waals surface area contributed by atoms with Gasteiger partial charge in [-0.3, -0.25) is 0 Å². The van der Waals surface area contributed by atoms with Crippen LogP contribution in [0.25, 0.3) is 0 Å². The van der Waals surface area contributed by atoms with E-state index in [2.05, 4.69) is 9.72 Å². The van der Waals surface area contributed by atoms with Crippen molar-refractivity contribution in [3.8, 4) is 0 Å². The molecule has 0 radical (unpaired) electrons. The van der Waals surface area contributed by atoms with Gasteiger partial charge in [-0.15, -0.1) is 11.3 Å². The number of carbonyl (C=O) groups is 1. The van der Waals surface area contributed by atoms with Gasteiger partial charge in [-0.25, -0.2) is 9.78 Å². The van der Waals surface area contributed by atoms with Gasteiger partial charge in [0, 0.05) is 12.4 Å². The maximum absolute atomic E-state index is 11.8. The van der Waals surface area contributed by atoms with Crippen molar-refractivity contribution in [2.75, 3.05) is 13.7 Å². The number of hydrogen-bond acceptors (Lipinski definition) is 4. The summed E-state index contributed by atoms with van der Waals surface area (Å²) in [4.78, 5) is 16.3. The van der Waals surface area contributed by atoms with Crippen LogP contribution in [-0.2, 0) is 11.3 Å². The molecule has 0 saturated carbocycles. The fourth-order valence-corrected chi connectivity index (χ4v) is 1.65. The van der Waals surface area contributed by atoms with E-state index in [-0.39, 0.29) is 6.54 Å². The summed E-state index contributed by atoms with van der Waals surface area (Å²) < 4.78 is 39.5. The van der Waals surface area contributed by atoms with Crippen LogP contribution >= 0.6 is 11.3 Å². The molecule has 0 aliphatic heterocycles. The third-order valence-electron chi connectivity index (χ3n) is 1.74. The predicted molar refractivity (Wildman–Crippen MR) is 55.7 cm³/mol. The summed E-state index contributed by atoms with van der Waals surface area (Å²) in [6, 6.07) is 0. The second-order valence-electron chi connectivity index (χ2n) is 3.38. The molecule has 1 rings (SSSR count). The van der Waals surface area contributed by atoms with Crippen molar-refractivity contribution in [3.05, 3.63) is 16.1 Å². The van der Waals surface area contributed by atoms with Gasteiger partial charge in [0.05, 0.1) is 17.2 Å². The Morgan fingerprint density at radius 3 is 2.71 bits per heavy atom. The van der Waals surface area contributed by atoms with Gasteiger partial charge < -0.3 is 9.64 Å². The van der Waals surface area contributed by atoms with Crippen molar-refractivity contribution in [2.24, 2.45) is 0 Å². The van der Waals surface area contributed by atoms with Gasteiger partial charge >= 0.3 is 12.3 Å². The highest BCUT2D eigenvalue weighted by Crippen LogP contribution is 2.15. The molecule has 1 aromatic heterocycles. The molecular formula is C9H11F3N2O2S. The lowest BCUT2D eigenvalue weighted by Gasteiger charge is -2.16. The SMILES string of the molecule is Cc1nc(CN(C)C(=O)OCC(F)(F)F)cs1. The molecule has 0 fully saturated rings. The summed E-state index contributed by atoms with van der Waals surface area (Å²) in [5, 5.41) is 2.57. The summed E-state index contributed by atoms with van der Waals surface area (Å²) in [7, 11) is 1.35. The standard InChI is InChI=1S/C9H11F3N2O2S/c1-6-13-7(4-17-6)3-14(2)8(15)16-5-9(10,11)12/h4H,3,5H2,1-2H3. The monoisotopic (exact) mass is 268 g/mol. The number of alkyl halides is 3. The van der Waals surface area contributed by atoms with E-state index in [0.29, 0.717) is 5.69 Å². The Morgan fingerprint density at radius 2 is 2.24 bits per heavy atom. The first-order valence-corrected chi connectivity index (χ1v) is 5.51. The minimum atomic E-state index is -4.51. The average Bonchev–Trinajstić information content (AvgIpc) is 2.59. The lowest BCUT2D eigenvalue weighted by molar-refractivity contribution is -0.162. The predicted octanol–water partition coefficient (Wildman–Crippen LogP) is 2.58. The molecule has 96 valence electrons. The second kappa shape index (κ2) is 5.35. The van der Waals surface area contributed by atoms with Gasteiger partial charge in [0.25, 0.3) is 0 Å². The lowest BCUT2D eigenvalue weighted by atomic mass is 10.4. The van der Waals surface area contributed by atoms with Gasteiger partial charge in [-0.1, -0.05) is 0 Å². The Morgan fingerprint density at radius 1 is 1.59 bits per heavy atom. The molecule has 1 aromatic rings. The Bertz CT molecular complexity index is 392. The van der Waals surface area contributed by atoms with E-state index in [1.54, 1.807) is 12.3 Å². The number of amides is 1. The molecule has 0 saturated heterocycles. The Hall–Kier alpha value is -1.31. The Labute approximate surface area is 100 Å². The smallest absolute Gasteiger partial charge is 0.422 e. The van der Waals surface area contributed by atoms with Gasteiger partial charge in [-0.2, -0.15) is 13.2 Å². The highest BCUT2D eigenvalue weighted by Gasteiger charge is 2.30. The van der Waals surface area contributed by atoms with Crippen LogP contribution < -0.4 is 0 Å². The van der Waals surface area contributed by atoms with Crippen molar-refractivity contribution in [1.29, 1.82) is 0 Å². The minimum Gasteiger partial charge on any atom is -0.440 e. The number of aryl methyl sites for hydroxylation is 1. The van der Waals surface area contributed by atoms with E-state index in [1.807, 2.05) is 0 Å².